The van der Waals surface area contributed by atoms with Crippen molar-refractivity contribution in [2.75, 3.05) is 11.1 Å². The van der Waals surface area contributed by atoms with Gasteiger partial charge in [0.25, 0.3) is 5.69 Å². The Morgan fingerprint density at radius 1 is 1.46 bits per heavy atom. The lowest BCUT2D eigenvalue weighted by molar-refractivity contribution is -0.384. The molecule has 10 heteroatoms. The van der Waals surface area contributed by atoms with Crippen LogP contribution in [0.2, 0.25) is 0 Å². The maximum Gasteiger partial charge on any atom is 0.293 e. The standard InChI is InChI=1S/C14H18N6O3S/c1-9(2)7-19-14(16-17-18-19)24-8-13(21)15-11-5-4-10(3)6-12(11)20(22)23/h4-6,9H,7-8H2,1-3H3,(H,15,21). The fourth-order valence-corrected chi connectivity index (χ4v) is 2.66. The third-order valence-electron chi connectivity index (χ3n) is 2.99. The van der Waals surface area contributed by atoms with E-state index >= 15 is 0 Å². The number of aromatic nitrogens is 4. The summed E-state index contributed by atoms with van der Waals surface area (Å²) in [7, 11) is 0. The van der Waals surface area contributed by atoms with Crippen molar-refractivity contribution in [3.05, 3.63) is 33.9 Å². The number of thioether (sulfide) groups is 1. The minimum Gasteiger partial charge on any atom is -0.320 e. The van der Waals surface area contributed by atoms with E-state index in [9.17, 15) is 14.9 Å². The van der Waals surface area contributed by atoms with Gasteiger partial charge in [-0.05, 0) is 34.9 Å². The van der Waals surface area contributed by atoms with Gasteiger partial charge in [-0.15, -0.1) is 5.10 Å². The topological polar surface area (TPSA) is 116 Å². The van der Waals surface area contributed by atoms with E-state index in [1.54, 1.807) is 17.7 Å². The van der Waals surface area contributed by atoms with Crippen LogP contribution in [0.15, 0.2) is 23.4 Å². The zero-order valence-electron chi connectivity index (χ0n) is 13.6. The van der Waals surface area contributed by atoms with Gasteiger partial charge in [0.2, 0.25) is 11.1 Å². The number of anilines is 1. The lowest BCUT2D eigenvalue weighted by Gasteiger charge is -2.08. The molecule has 0 bridgehead atoms. The molecule has 0 unspecified atom stereocenters. The molecule has 1 amide bonds. The molecule has 9 nitrogen and oxygen atoms in total. The first-order chi connectivity index (χ1) is 11.4. The van der Waals surface area contributed by atoms with E-state index in [2.05, 4.69) is 20.8 Å². The van der Waals surface area contributed by atoms with Crippen molar-refractivity contribution in [3.8, 4) is 0 Å². The second kappa shape index (κ2) is 7.86. The fourth-order valence-electron chi connectivity index (χ4n) is 1.98. The van der Waals surface area contributed by atoms with Crippen molar-refractivity contribution in [1.29, 1.82) is 0 Å². The second-order valence-electron chi connectivity index (χ2n) is 5.65. The van der Waals surface area contributed by atoms with Crippen LogP contribution >= 0.6 is 11.8 Å². The molecule has 128 valence electrons. The molecule has 0 aliphatic rings. The van der Waals surface area contributed by atoms with Gasteiger partial charge in [0.1, 0.15) is 5.69 Å². The predicted molar refractivity (Wildman–Crippen MR) is 89.8 cm³/mol. The molecule has 0 aliphatic carbocycles. The molecule has 1 aromatic carbocycles. The SMILES string of the molecule is Cc1ccc(NC(=O)CSc2nnnn2CC(C)C)c([N+](=O)[O-])c1. The Bertz CT molecular complexity index is 746. The third kappa shape index (κ3) is 4.75. The number of rotatable bonds is 7. The molecule has 1 heterocycles. The quantitative estimate of drug-likeness (QED) is 0.462. The normalized spacial score (nSPS) is 10.8. The molecule has 0 saturated carbocycles. The molecule has 24 heavy (non-hydrogen) atoms. The molecule has 1 N–H and O–H groups in total. The van der Waals surface area contributed by atoms with Crippen LogP contribution in [-0.2, 0) is 11.3 Å². The van der Waals surface area contributed by atoms with Gasteiger partial charge in [0.15, 0.2) is 0 Å². The molecular formula is C14H18N6O3S. The van der Waals surface area contributed by atoms with Crippen LogP contribution in [0.5, 0.6) is 0 Å². The van der Waals surface area contributed by atoms with Crippen molar-refractivity contribution in [2.24, 2.45) is 5.92 Å². The summed E-state index contributed by atoms with van der Waals surface area (Å²) in [5, 5.41) is 25.5. The highest BCUT2D eigenvalue weighted by atomic mass is 32.2. The van der Waals surface area contributed by atoms with E-state index in [0.717, 1.165) is 5.56 Å². The summed E-state index contributed by atoms with van der Waals surface area (Å²) in [6.45, 7) is 6.49. The summed E-state index contributed by atoms with van der Waals surface area (Å²) in [6.07, 6.45) is 0. The van der Waals surface area contributed by atoms with Gasteiger partial charge >= 0.3 is 0 Å². The van der Waals surface area contributed by atoms with Crippen LogP contribution in [0.25, 0.3) is 0 Å². The Kier molecular flexibility index (Phi) is 5.85. The van der Waals surface area contributed by atoms with E-state index in [0.29, 0.717) is 17.6 Å². The van der Waals surface area contributed by atoms with Crippen molar-refractivity contribution in [3.63, 3.8) is 0 Å². The second-order valence-corrected chi connectivity index (χ2v) is 6.59. The molecule has 1 aromatic heterocycles. The molecule has 0 aliphatic heterocycles. The number of aryl methyl sites for hydroxylation is 1. The number of nitro benzene ring substituents is 1. The zero-order valence-corrected chi connectivity index (χ0v) is 14.4. The number of hydrogen-bond acceptors (Lipinski definition) is 7. The number of carbonyl (C=O) groups is 1. The largest absolute Gasteiger partial charge is 0.320 e. The Hall–Kier alpha value is -2.49. The molecule has 2 aromatic rings. The van der Waals surface area contributed by atoms with Gasteiger partial charge in [-0.25, -0.2) is 4.68 Å². The third-order valence-corrected chi connectivity index (χ3v) is 3.95. The number of amides is 1. The Morgan fingerprint density at radius 2 is 2.21 bits per heavy atom. The van der Waals surface area contributed by atoms with Crippen LogP contribution in [0.1, 0.15) is 19.4 Å². The minimum atomic E-state index is -0.515. The highest BCUT2D eigenvalue weighted by Gasteiger charge is 2.17. The number of nitrogens with one attached hydrogen (secondary N) is 1. The highest BCUT2D eigenvalue weighted by molar-refractivity contribution is 7.99. The lowest BCUT2D eigenvalue weighted by Crippen LogP contribution is -2.16. The van der Waals surface area contributed by atoms with Gasteiger partial charge in [-0.3, -0.25) is 14.9 Å². The number of tetrazole rings is 1. The van der Waals surface area contributed by atoms with E-state index < -0.39 is 4.92 Å². The fraction of sp³-hybridized carbons (Fsp3) is 0.429. The molecule has 0 radical (unpaired) electrons. The van der Waals surface area contributed by atoms with E-state index in [1.807, 2.05) is 13.8 Å². The molecule has 0 spiro atoms. The Balaban J connectivity index is 2.00. The number of nitro groups is 1. The summed E-state index contributed by atoms with van der Waals surface area (Å²) < 4.78 is 1.64. The lowest BCUT2D eigenvalue weighted by atomic mass is 10.2. The predicted octanol–water partition coefficient (Wildman–Crippen LogP) is 2.28. The van der Waals surface area contributed by atoms with Crippen molar-refractivity contribution >= 4 is 29.0 Å². The number of hydrogen-bond donors (Lipinski definition) is 1. The summed E-state index contributed by atoms with van der Waals surface area (Å²) >= 11 is 1.19. The summed E-state index contributed by atoms with van der Waals surface area (Å²) in [4.78, 5) is 22.6. The number of carbonyl (C=O) groups excluding carboxylic acids is 1. The van der Waals surface area contributed by atoms with Gasteiger partial charge < -0.3 is 5.32 Å². The highest BCUT2D eigenvalue weighted by Crippen LogP contribution is 2.25. The van der Waals surface area contributed by atoms with Gasteiger partial charge in [0, 0.05) is 12.6 Å². The molecule has 0 atom stereocenters. The van der Waals surface area contributed by atoms with Crippen LogP contribution in [-0.4, -0.2) is 36.8 Å². The Morgan fingerprint density at radius 3 is 2.88 bits per heavy atom. The van der Waals surface area contributed by atoms with Crippen LogP contribution in [0.4, 0.5) is 11.4 Å². The first-order valence-corrected chi connectivity index (χ1v) is 8.29. The van der Waals surface area contributed by atoms with E-state index in [1.165, 1.54) is 23.9 Å². The average Bonchev–Trinajstić information content (AvgIpc) is 2.93. The smallest absolute Gasteiger partial charge is 0.293 e. The molecule has 0 saturated heterocycles. The first-order valence-electron chi connectivity index (χ1n) is 7.30. The summed E-state index contributed by atoms with van der Waals surface area (Å²) in [5.74, 6) is 0.0756. The van der Waals surface area contributed by atoms with Crippen molar-refractivity contribution in [1.82, 2.24) is 20.2 Å². The number of benzene rings is 1. The zero-order chi connectivity index (χ0) is 17.7. The molecule has 2 rings (SSSR count). The summed E-state index contributed by atoms with van der Waals surface area (Å²) in [6, 6.07) is 4.66. The van der Waals surface area contributed by atoms with E-state index in [4.69, 9.17) is 0 Å². The van der Waals surface area contributed by atoms with Crippen LogP contribution in [0.3, 0.4) is 0 Å². The Labute approximate surface area is 143 Å². The van der Waals surface area contributed by atoms with Gasteiger partial charge in [-0.2, -0.15) is 0 Å². The minimum absolute atomic E-state index is 0.0590. The maximum atomic E-state index is 12.1. The molecule has 0 fully saturated rings. The van der Waals surface area contributed by atoms with Gasteiger partial charge in [0.05, 0.1) is 10.7 Å². The van der Waals surface area contributed by atoms with Crippen molar-refractivity contribution in [2.45, 2.75) is 32.5 Å². The van der Waals surface area contributed by atoms with Crippen molar-refractivity contribution < 1.29 is 9.72 Å². The van der Waals surface area contributed by atoms with Crippen LogP contribution in [0, 0.1) is 23.0 Å². The average molecular weight is 350 g/mol. The van der Waals surface area contributed by atoms with Gasteiger partial charge in [-0.1, -0.05) is 31.7 Å². The van der Waals surface area contributed by atoms with Crippen LogP contribution < -0.4 is 5.32 Å². The van der Waals surface area contributed by atoms with E-state index in [-0.39, 0.29) is 23.0 Å². The number of nitrogens with zero attached hydrogens (tertiary/aromatic N) is 5. The summed E-state index contributed by atoms with van der Waals surface area (Å²) in [5.41, 5.74) is 0.804. The monoisotopic (exact) mass is 350 g/mol. The molecular weight excluding hydrogens is 332 g/mol. The first kappa shape index (κ1) is 17.9. The maximum absolute atomic E-state index is 12.1.